The first-order valence-corrected chi connectivity index (χ1v) is 7.04. The van der Waals surface area contributed by atoms with E-state index in [1.165, 1.54) is 0 Å². The molecule has 4 nitrogen and oxygen atoms in total. The summed E-state index contributed by atoms with van der Waals surface area (Å²) in [5.41, 5.74) is -1.50. The van der Waals surface area contributed by atoms with E-state index < -0.39 is 23.3 Å². The van der Waals surface area contributed by atoms with Gasteiger partial charge in [0.1, 0.15) is 0 Å². The minimum absolute atomic E-state index is 0.354. The maximum atomic E-state index is 11.9. The lowest BCUT2D eigenvalue weighted by Crippen LogP contribution is -2.50. The lowest BCUT2D eigenvalue weighted by Gasteiger charge is -2.34. The van der Waals surface area contributed by atoms with E-state index in [0.717, 1.165) is 12.8 Å². The van der Waals surface area contributed by atoms with Crippen molar-refractivity contribution in [3.05, 3.63) is 35.9 Å². The van der Waals surface area contributed by atoms with E-state index >= 15 is 0 Å². The molecule has 0 atom stereocenters. The molecule has 0 aliphatic rings. The fraction of sp³-hybridized carbons (Fsp3) is 0.500. The van der Waals surface area contributed by atoms with Crippen LogP contribution in [0, 0.1) is 5.92 Å². The monoisotopic (exact) mass is 278 g/mol. The second-order valence-corrected chi connectivity index (χ2v) is 5.06. The van der Waals surface area contributed by atoms with Crippen LogP contribution in [-0.4, -0.2) is 22.2 Å². The smallest absolute Gasteiger partial charge is 0.325 e. The molecule has 0 bridgehead atoms. The van der Waals surface area contributed by atoms with Gasteiger partial charge < -0.3 is 10.2 Å². The highest BCUT2D eigenvalue weighted by atomic mass is 16.4. The van der Waals surface area contributed by atoms with Crippen molar-refractivity contribution in [1.29, 1.82) is 0 Å². The average Bonchev–Trinajstić information content (AvgIpc) is 2.40. The Morgan fingerprint density at radius 1 is 1.00 bits per heavy atom. The Morgan fingerprint density at radius 2 is 1.45 bits per heavy atom. The van der Waals surface area contributed by atoms with E-state index in [0.29, 0.717) is 18.4 Å². The first kappa shape index (κ1) is 16.2. The standard InChI is InChI=1S/C16H22O4/c1-3-8-12(9-4-2)16(14(17)18,15(19)20)13-10-6-5-7-11-13/h5-7,10-12H,3-4,8-9H2,1-2H3,(H,17,18)(H,19,20). The van der Waals surface area contributed by atoms with Crippen molar-refractivity contribution in [3.8, 4) is 0 Å². The third-order valence-corrected chi connectivity index (χ3v) is 3.79. The molecule has 0 unspecified atom stereocenters. The fourth-order valence-electron chi connectivity index (χ4n) is 2.90. The number of carbonyl (C=O) groups is 2. The van der Waals surface area contributed by atoms with Crippen LogP contribution in [0.15, 0.2) is 30.3 Å². The van der Waals surface area contributed by atoms with E-state index in [1.54, 1.807) is 30.3 Å². The van der Waals surface area contributed by atoms with Crippen molar-refractivity contribution in [1.82, 2.24) is 0 Å². The third-order valence-electron chi connectivity index (χ3n) is 3.79. The van der Waals surface area contributed by atoms with Crippen LogP contribution in [0.1, 0.15) is 45.1 Å². The van der Waals surface area contributed by atoms with Crippen molar-refractivity contribution in [2.24, 2.45) is 5.92 Å². The van der Waals surface area contributed by atoms with Gasteiger partial charge >= 0.3 is 11.9 Å². The van der Waals surface area contributed by atoms with Crippen LogP contribution >= 0.6 is 0 Å². The van der Waals surface area contributed by atoms with E-state index in [4.69, 9.17) is 0 Å². The first-order chi connectivity index (χ1) is 9.51. The zero-order chi connectivity index (χ0) is 15.2. The number of aliphatic carboxylic acids is 2. The molecule has 0 aromatic heterocycles. The van der Waals surface area contributed by atoms with Gasteiger partial charge in [-0.05, 0) is 24.3 Å². The normalized spacial score (nSPS) is 11.6. The topological polar surface area (TPSA) is 74.6 Å². The average molecular weight is 278 g/mol. The molecular weight excluding hydrogens is 256 g/mol. The number of hydrogen-bond donors (Lipinski definition) is 2. The molecule has 2 N–H and O–H groups in total. The first-order valence-electron chi connectivity index (χ1n) is 7.04. The number of carboxylic acid groups (broad SMARTS) is 2. The van der Waals surface area contributed by atoms with Gasteiger partial charge in [-0.1, -0.05) is 57.0 Å². The molecule has 0 aliphatic heterocycles. The van der Waals surface area contributed by atoms with Crippen LogP contribution in [0.3, 0.4) is 0 Å². The summed E-state index contributed by atoms with van der Waals surface area (Å²) >= 11 is 0. The minimum Gasteiger partial charge on any atom is -0.480 e. The predicted molar refractivity (Wildman–Crippen MR) is 76.7 cm³/mol. The quantitative estimate of drug-likeness (QED) is 0.715. The highest BCUT2D eigenvalue weighted by Gasteiger charge is 2.53. The molecule has 110 valence electrons. The predicted octanol–water partition coefficient (Wildman–Crippen LogP) is 3.31. The Hall–Kier alpha value is -1.84. The molecule has 1 aromatic carbocycles. The fourth-order valence-corrected chi connectivity index (χ4v) is 2.90. The van der Waals surface area contributed by atoms with E-state index in [9.17, 15) is 19.8 Å². The van der Waals surface area contributed by atoms with Crippen LogP contribution in [0.25, 0.3) is 0 Å². The summed E-state index contributed by atoms with van der Waals surface area (Å²) in [4.78, 5) is 23.7. The van der Waals surface area contributed by atoms with Crippen LogP contribution in [0.2, 0.25) is 0 Å². The second-order valence-electron chi connectivity index (χ2n) is 5.06. The van der Waals surface area contributed by atoms with E-state index in [1.807, 2.05) is 13.8 Å². The number of carboxylic acids is 2. The van der Waals surface area contributed by atoms with Gasteiger partial charge in [0.25, 0.3) is 0 Å². The van der Waals surface area contributed by atoms with Gasteiger partial charge in [-0.2, -0.15) is 0 Å². The van der Waals surface area contributed by atoms with Crippen molar-refractivity contribution in [2.75, 3.05) is 0 Å². The van der Waals surface area contributed by atoms with Gasteiger partial charge in [0, 0.05) is 0 Å². The Bertz CT molecular complexity index is 433. The van der Waals surface area contributed by atoms with E-state index in [-0.39, 0.29) is 0 Å². The molecule has 0 heterocycles. The van der Waals surface area contributed by atoms with Crippen molar-refractivity contribution >= 4 is 11.9 Å². The van der Waals surface area contributed by atoms with Crippen LogP contribution in [0.5, 0.6) is 0 Å². The van der Waals surface area contributed by atoms with Crippen molar-refractivity contribution in [2.45, 2.75) is 44.9 Å². The summed E-state index contributed by atoms with van der Waals surface area (Å²) in [5.74, 6) is -2.96. The van der Waals surface area contributed by atoms with E-state index in [2.05, 4.69) is 0 Å². The van der Waals surface area contributed by atoms with Crippen molar-refractivity contribution in [3.63, 3.8) is 0 Å². The van der Waals surface area contributed by atoms with Crippen molar-refractivity contribution < 1.29 is 19.8 Å². The van der Waals surface area contributed by atoms with Gasteiger partial charge in [-0.15, -0.1) is 0 Å². The molecule has 1 aromatic rings. The molecular formula is C16H22O4. The van der Waals surface area contributed by atoms with Gasteiger partial charge in [-0.3, -0.25) is 9.59 Å². The summed E-state index contributed by atoms with van der Waals surface area (Å²) in [5, 5.41) is 19.4. The molecule has 4 heteroatoms. The molecule has 20 heavy (non-hydrogen) atoms. The lowest BCUT2D eigenvalue weighted by atomic mass is 9.67. The summed E-state index contributed by atoms with van der Waals surface area (Å²) in [7, 11) is 0. The summed E-state index contributed by atoms with van der Waals surface area (Å²) in [6.45, 7) is 3.89. The molecule has 0 amide bonds. The Morgan fingerprint density at radius 3 is 1.80 bits per heavy atom. The van der Waals surface area contributed by atoms with Crippen LogP contribution in [0.4, 0.5) is 0 Å². The minimum atomic E-state index is -1.85. The van der Waals surface area contributed by atoms with Gasteiger partial charge in [-0.25, -0.2) is 0 Å². The molecule has 0 saturated heterocycles. The maximum absolute atomic E-state index is 11.9. The Kier molecular flexibility index (Phi) is 5.74. The zero-order valence-electron chi connectivity index (χ0n) is 12.0. The zero-order valence-corrected chi connectivity index (χ0v) is 12.0. The highest BCUT2D eigenvalue weighted by molar-refractivity contribution is 6.05. The molecule has 0 spiro atoms. The summed E-state index contributed by atoms with van der Waals surface area (Å²) in [6, 6.07) is 8.32. The molecule has 1 rings (SSSR count). The third kappa shape index (κ3) is 2.84. The largest absolute Gasteiger partial charge is 0.480 e. The Balaban J connectivity index is 3.45. The molecule has 0 radical (unpaired) electrons. The molecule has 0 fully saturated rings. The number of rotatable bonds is 8. The van der Waals surface area contributed by atoms with Crippen LogP contribution < -0.4 is 0 Å². The summed E-state index contributed by atoms with van der Waals surface area (Å²) in [6.07, 6.45) is 2.70. The van der Waals surface area contributed by atoms with Crippen LogP contribution in [-0.2, 0) is 15.0 Å². The Labute approximate surface area is 119 Å². The SMILES string of the molecule is CCCC(CCC)C(C(=O)O)(C(=O)O)c1ccccc1. The number of hydrogen-bond acceptors (Lipinski definition) is 2. The second kappa shape index (κ2) is 7.08. The molecule has 0 aliphatic carbocycles. The van der Waals surface area contributed by atoms with Gasteiger partial charge in [0.2, 0.25) is 0 Å². The number of benzene rings is 1. The maximum Gasteiger partial charge on any atom is 0.325 e. The highest BCUT2D eigenvalue weighted by Crippen LogP contribution is 2.39. The molecule has 0 saturated carbocycles. The lowest BCUT2D eigenvalue weighted by molar-refractivity contribution is -0.161. The van der Waals surface area contributed by atoms with Gasteiger partial charge in [0.05, 0.1) is 0 Å². The van der Waals surface area contributed by atoms with Gasteiger partial charge in [0.15, 0.2) is 5.41 Å². The summed E-state index contributed by atoms with van der Waals surface area (Å²) < 4.78 is 0.